The number of amides is 1. The van der Waals surface area contributed by atoms with Crippen LogP contribution in [0.5, 0.6) is 0 Å². The number of nitrogens with one attached hydrogen (secondary N) is 1. The maximum absolute atomic E-state index is 12.4. The Bertz CT molecular complexity index is 624. The molecule has 0 aliphatic rings. The highest BCUT2D eigenvalue weighted by Gasteiger charge is 2.25. The van der Waals surface area contributed by atoms with Gasteiger partial charge in [0.2, 0.25) is 15.9 Å². The van der Waals surface area contributed by atoms with E-state index in [9.17, 15) is 13.2 Å². The Kier molecular flexibility index (Phi) is 4.77. The number of nitrogens with two attached hydrogens (primary N) is 1. The van der Waals surface area contributed by atoms with Gasteiger partial charge in [-0.25, -0.2) is 8.42 Å². The molecule has 0 aliphatic heterocycles. The number of carbonyl (C=O) groups excluding carboxylic acids is 1. The van der Waals surface area contributed by atoms with Gasteiger partial charge < -0.3 is 10.6 Å². The van der Waals surface area contributed by atoms with Crippen LogP contribution in [-0.4, -0.2) is 39.4 Å². The molecule has 6 nitrogen and oxygen atoms in total. The van der Waals surface area contributed by atoms with Crippen molar-refractivity contribution < 1.29 is 13.2 Å². The first kappa shape index (κ1) is 16.5. The van der Waals surface area contributed by atoms with E-state index >= 15 is 0 Å². The summed E-state index contributed by atoms with van der Waals surface area (Å²) in [6, 6.07) is 2.27. The Balaban J connectivity index is 3.16. The molecule has 3 N–H and O–H groups in total. The summed E-state index contributed by atoms with van der Waals surface area (Å²) < 4.78 is 27.1. The van der Waals surface area contributed by atoms with Gasteiger partial charge in [-0.2, -0.15) is 4.72 Å². The molecule has 0 spiro atoms. The van der Waals surface area contributed by atoms with Crippen molar-refractivity contribution in [2.24, 2.45) is 0 Å². The number of sulfonamides is 1. The van der Waals surface area contributed by atoms with Crippen LogP contribution in [0.2, 0.25) is 0 Å². The molecule has 20 heavy (non-hydrogen) atoms. The van der Waals surface area contributed by atoms with E-state index in [1.807, 2.05) is 0 Å². The number of rotatable bonds is 4. The molecule has 1 aromatic carbocycles. The molecule has 1 aromatic rings. The van der Waals surface area contributed by atoms with E-state index in [4.69, 9.17) is 5.73 Å². The molecule has 0 heterocycles. The summed E-state index contributed by atoms with van der Waals surface area (Å²) >= 11 is 0. The summed E-state index contributed by atoms with van der Waals surface area (Å²) in [4.78, 5) is 13.2. The van der Waals surface area contributed by atoms with Crippen molar-refractivity contribution in [2.75, 3.05) is 19.8 Å². The number of anilines is 1. The summed E-state index contributed by atoms with van der Waals surface area (Å²) in [7, 11) is -0.646. The molecular formula is C13H21N3O3S. The molecule has 0 saturated heterocycles. The van der Waals surface area contributed by atoms with Crippen LogP contribution >= 0.6 is 0 Å². The zero-order valence-corrected chi connectivity index (χ0v) is 13.2. The van der Waals surface area contributed by atoms with E-state index in [1.165, 1.54) is 17.9 Å². The lowest BCUT2D eigenvalue weighted by Gasteiger charge is -2.19. The molecular weight excluding hydrogens is 278 g/mol. The van der Waals surface area contributed by atoms with E-state index in [2.05, 4.69) is 4.72 Å². The lowest BCUT2D eigenvalue weighted by atomic mass is 10.1. The highest BCUT2D eigenvalue weighted by Crippen LogP contribution is 2.22. The molecule has 0 bridgehead atoms. The molecule has 0 radical (unpaired) electrons. The number of benzene rings is 1. The number of aryl methyl sites for hydroxylation is 1. The van der Waals surface area contributed by atoms with Gasteiger partial charge in [-0.3, -0.25) is 4.79 Å². The molecule has 0 aliphatic carbocycles. The number of hydrogen-bond donors (Lipinski definition) is 2. The maximum atomic E-state index is 12.4. The smallest absolute Gasteiger partial charge is 0.241 e. The van der Waals surface area contributed by atoms with Crippen LogP contribution in [0.3, 0.4) is 0 Å². The van der Waals surface area contributed by atoms with Gasteiger partial charge in [-0.05, 0) is 44.0 Å². The van der Waals surface area contributed by atoms with Gasteiger partial charge in [0.15, 0.2) is 0 Å². The fourth-order valence-electron chi connectivity index (χ4n) is 1.87. The van der Waals surface area contributed by atoms with Crippen molar-refractivity contribution in [3.05, 3.63) is 23.3 Å². The molecule has 1 amide bonds. The molecule has 0 aromatic heterocycles. The van der Waals surface area contributed by atoms with Gasteiger partial charge in [0, 0.05) is 19.8 Å². The van der Waals surface area contributed by atoms with E-state index in [0.717, 1.165) is 5.56 Å². The zero-order valence-electron chi connectivity index (χ0n) is 12.4. The summed E-state index contributed by atoms with van der Waals surface area (Å²) in [6.45, 7) is 5.01. The average Bonchev–Trinajstić information content (AvgIpc) is 2.31. The minimum Gasteiger partial charge on any atom is -0.399 e. The van der Waals surface area contributed by atoms with Gasteiger partial charge in [0.25, 0.3) is 0 Å². The number of carbonyl (C=O) groups is 1. The minimum absolute atomic E-state index is 0.105. The molecule has 0 fully saturated rings. The standard InChI is InChI=1S/C13H21N3O3S/c1-8-6-11(14)7-12(9(8)2)20(18,19)15-10(3)13(17)16(4)5/h6-7,10,15H,14H2,1-5H3. The molecule has 1 atom stereocenters. The van der Waals surface area contributed by atoms with E-state index < -0.39 is 16.1 Å². The van der Waals surface area contributed by atoms with Crippen molar-refractivity contribution in [3.8, 4) is 0 Å². The monoisotopic (exact) mass is 299 g/mol. The normalized spacial score (nSPS) is 13.1. The van der Waals surface area contributed by atoms with Crippen molar-refractivity contribution in [1.29, 1.82) is 0 Å². The fourth-order valence-corrected chi connectivity index (χ4v) is 3.42. The zero-order chi connectivity index (χ0) is 15.7. The summed E-state index contributed by atoms with van der Waals surface area (Å²) in [5.41, 5.74) is 7.48. The third kappa shape index (κ3) is 3.49. The number of nitrogen functional groups attached to an aromatic ring is 1. The Morgan fingerprint density at radius 2 is 1.85 bits per heavy atom. The fraction of sp³-hybridized carbons (Fsp3) is 0.462. The van der Waals surface area contributed by atoms with Crippen molar-refractivity contribution >= 4 is 21.6 Å². The van der Waals surface area contributed by atoms with E-state index in [0.29, 0.717) is 11.3 Å². The van der Waals surface area contributed by atoms with Crippen molar-refractivity contribution in [1.82, 2.24) is 9.62 Å². The first-order valence-electron chi connectivity index (χ1n) is 6.16. The first-order valence-corrected chi connectivity index (χ1v) is 7.64. The summed E-state index contributed by atoms with van der Waals surface area (Å²) in [5, 5.41) is 0. The largest absolute Gasteiger partial charge is 0.399 e. The summed E-state index contributed by atoms with van der Waals surface area (Å²) in [5.74, 6) is -0.313. The van der Waals surface area contributed by atoms with E-state index in [1.54, 1.807) is 34.0 Å². The maximum Gasteiger partial charge on any atom is 0.241 e. The quantitative estimate of drug-likeness (QED) is 0.798. The van der Waals surface area contributed by atoms with Crippen LogP contribution in [0.1, 0.15) is 18.1 Å². The molecule has 1 rings (SSSR count). The van der Waals surface area contributed by atoms with Gasteiger partial charge in [0.05, 0.1) is 10.9 Å². The van der Waals surface area contributed by atoms with Gasteiger partial charge in [0.1, 0.15) is 0 Å². The van der Waals surface area contributed by atoms with Crippen LogP contribution in [0.4, 0.5) is 5.69 Å². The average molecular weight is 299 g/mol. The molecule has 1 unspecified atom stereocenters. The van der Waals surface area contributed by atoms with Crippen LogP contribution in [0.15, 0.2) is 17.0 Å². The second kappa shape index (κ2) is 5.80. The third-order valence-electron chi connectivity index (χ3n) is 3.07. The predicted molar refractivity (Wildman–Crippen MR) is 78.8 cm³/mol. The SMILES string of the molecule is Cc1cc(N)cc(S(=O)(=O)NC(C)C(=O)N(C)C)c1C. The lowest BCUT2D eigenvalue weighted by molar-refractivity contribution is -0.130. The molecule has 0 saturated carbocycles. The molecule has 112 valence electrons. The Labute approximate surface area is 120 Å². The lowest BCUT2D eigenvalue weighted by Crippen LogP contribution is -2.44. The summed E-state index contributed by atoms with van der Waals surface area (Å²) in [6.07, 6.45) is 0. The van der Waals surface area contributed by atoms with Crippen LogP contribution in [0.25, 0.3) is 0 Å². The minimum atomic E-state index is -3.79. The predicted octanol–water partition coefficient (Wildman–Crippen LogP) is 0.641. The first-order chi connectivity index (χ1) is 9.06. The second-order valence-electron chi connectivity index (χ2n) is 5.04. The second-order valence-corrected chi connectivity index (χ2v) is 6.72. The highest BCUT2D eigenvalue weighted by atomic mass is 32.2. The number of nitrogens with zero attached hydrogens (tertiary/aromatic N) is 1. The Morgan fingerprint density at radius 3 is 2.35 bits per heavy atom. The van der Waals surface area contributed by atoms with Crippen LogP contribution in [0, 0.1) is 13.8 Å². The Morgan fingerprint density at radius 1 is 1.30 bits per heavy atom. The molecule has 7 heteroatoms. The highest BCUT2D eigenvalue weighted by molar-refractivity contribution is 7.89. The topological polar surface area (TPSA) is 92.5 Å². The van der Waals surface area contributed by atoms with Crippen molar-refractivity contribution in [3.63, 3.8) is 0 Å². The Hall–Kier alpha value is -1.60. The van der Waals surface area contributed by atoms with E-state index in [-0.39, 0.29) is 10.8 Å². The van der Waals surface area contributed by atoms with Gasteiger partial charge >= 0.3 is 0 Å². The van der Waals surface area contributed by atoms with Crippen LogP contribution < -0.4 is 10.5 Å². The number of hydrogen-bond acceptors (Lipinski definition) is 4. The third-order valence-corrected chi connectivity index (χ3v) is 4.74. The van der Waals surface area contributed by atoms with Crippen molar-refractivity contribution in [2.45, 2.75) is 31.7 Å². The van der Waals surface area contributed by atoms with Crippen LogP contribution in [-0.2, 0) is 14.8 Å². The van der Waals surface area contributed by atoms with Gasteiger partial charge in [-0.1, -0.05) is 0 Å². The number of likely N-dealkylation sites (N-methyl/N-ethyl adjacent to an activating group) is 1. The van der Waals surface area contributed by atoms with Gasteiger partial charge in [-0.15, -0.1) is 0 Å².